The highest BCUT2D eigenvalue weighted by molar-refractivity contribution is 8.00. The van der Waals surface area contributed by atoms with Gasteiger partial charge in [0.2, 0.25) is 17.7 Å². The van der Waals surface area contributed by atoms with E-state index >= 15 is 0 Å². The van der Waals surface area contributed by atoms with Gasteiger partial charge in [-0.3, -0.25) is 23.7 Å². The van der Waals surface area contributed by atoms with Crippen LogP contribution in [0.25, 0.3) is 10.8 Å². The molecule has 0 aliphatic carbocycles. The Hall–Kier alpha value is -4.06. The molecule has 0 radical (unpaired) electrons. The van der Waals surface area contributed by atoms with Gasteiger partial charge in [-0.2, -0.15) is 0 Å². The standard InChI is InChI=1S/C30H20FN3O4S3/c31-18-8-11-20(12-9-18)34-27(36)24-23(21-6-3-13-39-21)26-29(40-25(24)28(34)37)33(30(38)41-26)15-22(35)32-19-10-7-16-4-1-2-5-17(16)14-19/h1-14,23-25H,15H2,(H,32,35). The van der Waals surface area contributed by atoms with Gasteiger partial charge < -0.3 is 5.32 Å². The molecule has 2 aliphatic heterocycles. The van der Waals surface area contributed by atoms with Gasteiger partial charge in [0.1, 0.15) is 17.6 Å². The molecule has 1 saturated heterocycles. The molecule has 0 saturated carbocycles. The van der Waals surface area contributed by atoms with Crippen LogP contribution in [0.5, 0.6) is 0 Å². The van der Waals surface area contributed by atoms with E-state index in [-0.39, 0.29) is 23.2 Å². The minimum atomic E-state index is -0.795. The maximum Gasteiger partial charge on any atom is 0.308 e. The second-order valence-corrected chi connectivity index (χ2v) is 12.9. The summed E-state index contributed by atoms with van der Waals surface area (Å²) in [5.41, 5.74) is 0.915. The number of thiazole rings is 1. The topological polar surface area (TPSA) is 88.5 Å². The lowest BCUT2D eigenvalue weighted by atomic mass is 9.87. The van der Waals surface area contributed by atoms with Crippen molar-refractivity contribution >= 4 is 74.3 Å². The van der Waals surface area contributed by atoms with Crippen LogP contribution in [0.4, 0.5) is 15.8 Å². The van der Waals surface area contributed by atoms with Crippen LogP contribution in [0.15, 0.2) is 94.1 Å². The Morgan fingerprint density at radius 1 is 0.902 bits per heavy atom. The summed E-state index contributed by atoms with van der Waals surface area (Å²) in [5, 5.41) is 6.52. The molecule has 5 aromatic rings. The number of aromatic nitrogens is 1. The van der Waals surface area contributed by atoms with Gasteiger partial charge in [-0.15, -0.1) is 11.3 Å². The lowest BCUT2D eigenvalue weighted by Crippen LogP contribution is -2.32. The van der Waals surface area contributed by atoms with E-state index in [0.717, 1.165) is 43.6 Å². The molecular weight excluding hydrogens is 582 g/mol. The highest BCUT2D eigenvalue weighted by Crippen LogP contribution is 2.54. The van der Waals surface area contributed by atoms with E-state index in [0.29, 0.717) is 21.3 Å². The van der Waals surface area contributed by atoms with Crippen molar-refractivity contribution < 1.29 is 18.8 Å². The first kappa shape index (κ1) is 25.9. The third-order valence-electron chi connectivity index (χ3n) is 7.32. The second-order valence-electron chi connectivity index (χ2n) is 9.78. The van der Waals surface area contributed by atoms with Crippen molar-refractivity contribution in [3.63, 3.8) is 0 Å². The molecule has 0 bridgehead atoms. The van der Waals surface area contributed by atoms with Crippen molar-refractivity contribution in [1.29, 1.82) is 0 Å². The first-order valence-electron chi connectivity index (χ1n) is 12.7. The summed E-state index contributed by atoms with van der Waals surface area (Å²) in [6.07, 6.45) is 0. The van der Waals surface area contributed by atoms with Crippen LogP contribution >= 0.6 is 34.4 Å². The molecule has 1 N–H and O–H groups in total. The van der Waals surface area contributed by atoms with Crippen LogP contribution < -0.4 is 15.1 Å². The Morgan fingerprint density at radius 2 is 1.68 bits per heavy atom. The Labute approximate surface area is 245 Å². The molecule has 7 nitrogen and oxygen atoms in total. The van der Waals surface area contributed by atoms with E-state index in [2.05, 4.69) is 5.32 Å². The molecule has 204 valence electrons. The molecule has 3 atom stereocenters. The fraction of sp³-hybridized carbons (Fsp3) is 0.133. The maximum atomic E-state index is 13.8. The van der Waals surface area contributed by atoms with Crippen molar-refractivity contribution in [3.8, 4) is 0 Å². The average Bonchev–Trinajstić information content (AvgIpc) is 3.66. The zero-order chi connectivity index (χ0) is 28.2. The third kappa shape index (κ3) is 4.41. The number of nitrogens with zero attached hydrogens (tertiary/aromatic N) is 2. The molecule has 3 unspecified atom stereocenters. The molecule has 1 fully saturated rings. The SMILES string of the molecule is O=C(Cn1c2c(sc1=O)C(c1cccs1)C1C(=O)N(c3ccc(F)cc3)C(=O)C1S2)Nc1ccc2ccccc2c1. The fourth-order valence-corrected chi connectivity index (χ4v) is 9.21. The summed E-state index contributed by atoms with van der Waals surface area (Å²) in [6.45, 7) is -0.233. The molecule has 3 aromatic carbocycles. The van der Waals surface area contributed by atoms with E-state index < -0.39 is 28.8 Å². The Kier molecular flexibility index (Phi) is 6.37. The number of imide groups is 1. The van der Waals surface area contributed by atoms with Crippen molar-refractivity contribution in [3.05, 3.63) is 109 Å². The van der Waals surface area contributed by atoms with Crippen molar-refractivity contribution in [2.24, 2.45) is 5.92 Å². The number of fused-ring (bicyclic) bond motifs is 3. The number of thiophene rings is 1. The Bertz CT molecular complexity index is 1900. The number of carbonyl (C=O) groups excluding carboxylic acids is 3. The van der Waals surface area contributed by atoms with Gasteiger partial charge in [-0.25, -0.2) is 9.29 Å². The summed E-state index contributed by atoms with van der Waals surface area (Å²) >= 11 is 3.61. The minimum Gasteiger partial charge on any atom is -0.325 e. The summed E-state index contributed by atoms with van der Waals surface area (Å²) in [7, 11) is 0. The van der Waals surface area contributed by atoms with Gasteiger partial charge >= 0.3 is 4.87 Å². The van der Waals surface area contributed by atoms with Crippen molar-refractivity contribution in [1.82, 2.24) is 4.57 Å². The number of thioether (sulfide) groups is 1. The molecule has 7 rings (SSSR count). The van der Waals surface area contributed by atoms with E-state index in [4.69, 9.17) is 0 Å². The molecule has 4 heterocycles. The number of benzene rings is 3. The zero-order valence-corrected chi connectivity index (χ0v) is 23.6. The monoisotopic (exact) mass is 601 g/mol. The van der Waals surface area contributed by atoms with Gasteiger partial charge in [-0.05, 0) is 58.6 Å². The van der Waals surface area contributed by atoms with E-state index in [9.17, 15) is 23.6 Å². The smallest absolute Gasteiger partial charge is 0.308 e. The highest BCUT2D eigenvalue weighted by atomic mass is 32.2. The molecular formula is C30H20FN3O4S3. The lowest BCUT2D eigenvalue weighted by Gasteiger charge is -2.29. The fourth-order valence-electron chi connectivity index (χ4n) is 5.49. The number of rotatable bonds is 5. The van der Waals surface area contributed by atoms with E-state index in [1.54, 1.807) is 0 Å². The first-order valence-corrected chi connectivity index (χ1v) is 15.3. The van der Waals surface area contributed by atoms with Crippen LogP contribution in [-0.4, -0.2) is 27.5 Å². The van der Waals surface area contributed by atoms with Gasteiger partial charge in [-0.1, -0.05) is 59.5 Å². The number of halogens is 1. The van der Waals surface area contributed by atoms with E-state index in [1.807, 2.05) is 60.0 Å². The van der Waals surface area contributed by atoms with Gasteiger partial charge in [0.25, 0.3) is 0 Å². The Balaban J connectivity index is 1.23. The van der Waals surface area contributed by atoms with Crippen LogP contribution in [0.3, 0.4) is 0 Å². The minimum absolute atomic E-state index is 0.233. The summed E-state index contributed by atoms with van der Waals surface area (Å²) < 4.78 is 15.0. The predicted octanol–water partition coefficient (Wildman–Crippen LogP) is 5.70. The molecule has 0 spiro atoms. The predicted molar refractivity (Wildman–Crippen MR) is 159 cm³/mol. The van der Waals surface area contributed by atoms with Gasteiger partial charge in [0.05, 0.1) is 16.6 Å². The van der Waals surface area contributed by atoms with Crippen LogP contribution in [0, 0.1) is 11.7 Å². The lowest BCUT2D eigenvalue weighted by molar-refractivity contribution is -0.122. The third-order valence-corrected chi connectivity index (χ3v) is 10.9. The first-order chi connectivity index (χ1) is 19.9. The Morgan fingerprint density at radius 3 is 2.44 bits per heavy atom. The number of anilines is 2. The largest absolute Gasteiger partial charge is 0.325 e. The number of nitrogens with one attached hydrogen (secondary N) is 1. The van der Waals surface area contributed by atoms with Crippen molar-refractivity contribution in [2.75, 3.05) is 10.2 Å². The van der Waals surface area contributed by atoms with Gasteiger partial charge in [0.15, 0.2) is 0 Å². The molecule has 3 amide bonds. The molecule has 2 aromatic heterocycles. The van der Waals surface area contributed by atoms with Crippen LogP contribution in [0.2, 0.25) is 0 Å². The maximum absolute atomic E-state index is 13.8. The summed E-state index contributed by atoms with van der Waals surface area (Å²) in [5.74, 6) is -2.90. The van der Waals surface area contributed by atoms with Gasteiger partial charge in [0, 0.05) is 21.4 Å². The number of hydrogen-bond acceptors (Lipinski definition) is 7. The van der Waals surface area contributed by atoms with Crippen molar-refractivity contribution in [2.45, 2.75) is 22.7 Å². The highest BCUT2D eigenvalue weighted by Gasteiger charge is 2.57. The zero-order valence-electron chi connectivity index (χ0n) is 21.2. The average molecular weight is 602 g/mol. The normalized spacial score (nSPS) is 19.8. The quantitative estimate of drug-likeness (QED) is 0.261. The molecule has 41 heavy (non-hydrogen) atoms. The summed E-state index contributed by atoms with van der Waals surface area (Å²) in [4.78, 5) is 56.2. The number of hydrogen-bond donors (Lipinski definition) is 1. The summed E-state index contributed by atoms with van der Waals surface area (Å²) in [6, 6.07) is 22.4. The second kappa shape index (κ2) is 10.1. The van der Waals surface area contributed by atoms with Crippen LogP contribution in [-0.2, 0) is 20.9 Å². The number of carbonyl (C=O) groups is 3. The van der Waals surface area contributed by atoms with E-state index in [1.165, 1.54) is 40.2 Å². The molecule has 11 heteroatoms. The molecule has 2 aliphatic rings. The van der Waals surface area contributed by atoms with Crippen LogP contribution in [0.1, 0.15) is 15.7 Å². The number of amides is 3.